The highest BCUT2D eigenvalue weighted by Crippen LogP contribution is 2.22. The Balaban J connectivity index is 2.19. The van der Waals surface area contributed by atoms with E-state index in [4.69, 9.17) is 10.7 Å². The number of rotatable bonds is 3. The van der Waals surface area contributed by atoms with Crippen LogP contribution in [-0.4, -0.2) is 26.4 Å². The molecule has 0 spiro atoms. The topological polar surface area (TPSA) is 37.4 Å². The van der Waals surface area contributed by atoms with Gasteiger partial charge in [0.15, 0.2) is 0 Å². The van der Waals surface area contributed by atoms with E-state index in [0.29, 0.717) is 6.54 Å². The first-order valence-electron chi connectivity index (χ1n) is 5.92. The molecule has 1 aliphatic heterocycles. The van der Waals surface area contributed by atoms with Crippen LogP contribution in [0, 0.1) is 5.82 Å². The molecule has 0 N–H and O–H groups in total. The van der Waals surface area contributed by atoms with Gasteiger partial charge in [0.25, 0.3) is 9.05 Å². The molecule has 100 valence electrons. The van der Waals surface area contributed by atoms with Gasteiger partial charge in [-0.25, -0.2) is 12.8 Å². The first kappa shape index (κ1) is 13.8. The Morgan fingerprint density at radius 1 is 1.22 bits per heavy atom. The molecule has 1 aliphatic rings. The van der Waals surface area contributed by atoms with Gasteiger partial charge in [0.05, 0.1) is 0 Å². The van der Waals surface area contributed by atoms with Gasteiger partial charge in [0, 0.05) is 17.2 Å². The Hall–Kier alpha value is -0.650. The molecule has 1 fully saturated rings. The fourth-order valence-electron chi connectivity index (χ4n) is 2.21. The maximum atomic E-state index is 13.4. The lowest BCUT2D eigenvalue weighted by molar-refractivity contribution is 0.220. The van der Waals surface area contributed by atoms with E-state index in [9.17, 15) is 12.8 Å². The molecule has 0 amide bonds. The van der Waals surface area contributed by atoms with Crippen molar-refractivity contribution >= 4 is 19.7 Å². The number of likely N-dealkylation sites (tertiary alicyclic amines) is 1. The summed E-state index contributed by atoms with van der Waals surface area (Å²) in [5.74, 6) is -0.799. The van der Waals surface area contributed by atoms with Gasteiger partial charge in [0.2, 0.25) is 0 Å². The molecule has 6 heteroatoms. The van der Waals surface area contributed by atoms with Gasteiger partial charge in [-0.2, -0.15) is 0 Å². The first-order valence-corrected chi connectivity index (χ1v) is 8.23. The molecule has 1 aromatic rings. The minimum absolute atomic E-state index is 0.432. The molecule has 0 bridgehead atoms. The highest BCUT2D eigenvalue weighted by atomic mass is 35.7. The maximum absolute atomic E-state index is 13.4. The third-order valence-electron chi connectivity index (χ3n) is 3.11. The monoisotopic (exact) mass is 291 g/mol. The quantitative estimate of drug-likeness (QED) is 0.804. The van der Waals surface area contributed by atoms with E-state index in [0.717, 1.165) is 37.6 Å². The normalized spacial score (nSPS) is 17.9. The van der Waals surface area contributed by atoms with E-state index < -0.39 is 19.8 Å². The molecular formula is C12H15ClFNO2S. The highest BCUT2D eigenvalue weighted by Gasteiger charge is 2.18. The lowest BCUT2D eigenvalue weighted by Crippen LogP contribution is -2.29. The Morgan fingerprint density at radius 3 is 2.50 bits per heavy atom. The third kappa shape index (κ3) is 3.43. The minimum Gasteiger partial charge on any atom is -0.299 e. The smallest absolute Gasteiger partial charge is 0.264 e. The SMILES string of the molecule is O=S(=O)(Cl)c1cc(CN2CCCCC2)ccc1F. The number of halogens is 2. The maximum Gasteiger partial charge on any atom is 0.264 e. The number of nitrogens with zero attached hydrogens (tertiary/aromatic N) is 1. The molecule has 1 saturated heterocycles. The molecule has 18 heavy (non-hydrogen) atoms. The summed E-state index contributed by atoms with van der Waals surface area (Å²) in [7, 11) is 1.18. The van der Waals surface area contributed by atoms with Crippen molar-refractivity contribution in [2.24, 2.45) is 0 Å². The van der Waals surface area contributed by atoms with Crippen molar-refractivity contribution in [2.75, 3.05) is 13.1 Å². The predicted molar refractivity (Wildman–Crippen MR) is 68.6 cm³/mol. The number of hydrogen-bond donors (Lipinski definition) is 0. The molecule has 0 aromatic heterocycles. The number of hydrogen-bond acceptors (Lipinski definition) is 3. The van der Waals surface area contributed by atoms with E-state index >= 15 is 0 Å². The molecule has 2 rings (SSSR count). The fraction of sp³-hybridized carbons (Fsp3) is 0.500. The summed E-state index contributed by atoms with van der Waals surface area (Å²) < 4.78 is 35.8. The van der Waals surface area contributed by atoms with Gasteiger partial charge in [-0.1, -0.05) is 12.5 Å². The summed E-state index contributed by atoms with van der Waals surface area (Å²) in [5, 5.41) is 0. The Labute approximate surface area is 111 Å². The second kappa shape index (κ2) is 5.55. The molecule has 0 radical (unpaired) electrons. The molecule has 1 aromatic carbocycles. The van der Waals surface area contributed by atoms with Gasteiger partial charge >= 0.3 is 0 Å². The van der Waals surface area contributed by atoms with Crippen LogP contribution in [-0.2, 0) is 15.6 Å². The van der Waals surface area contributed by atoms with Gasteiger partial charge in [-0.05, 0) is 43.6 Å². The average molecular weight is 292 g/mol. The fourth-order valence-corrected chi connectivity index (χ4v) is 3.16. The van der Waals surface area contributed by atoms with Crippen LogP contribution in [0.5, 0.6) is 0 Å². The van der Waals surface area contributed by atoms with Crippen LogP contribution in [0.3, 0.4) is 0 Å². The van der Waals surface area contributed by atoms with E-state index in [2.05, 4.69) is 4.90 Å². The summed E-state index contributed by atoms with van der Waals surface area (Å²) in [6.45, 7) is 2.64. The number of piperidine rings is 1. The zero-order valence-corrected chi connectivity index (χ0v) is 11.5. The van der Waals surface area contributed by atoms with Gasteiger partial charge < -0.3 is 0 Å². The molecular weight excluding hydrogens is 277 g/mol. The Bertz CT molecular complexity index is 527. The van der Waals surface area contributed by atoms with Crippen LogP contribution in [0.2, 0.25) is 0 Å². The molecule has 0 atom stereocenters. The lowest BCUT2D eigenvalue weighted by atomic mass is 10.1. The van der Waals surface area contributed by atoms with Crippen molar-refractivity contribution in [3.05, 3.63) is 29.6 Å². The predicted octanol–water partition coefficient (Wildman–Crippen LogP) is 2.74. The zero-order valence-electron chi connectivity index (χ0n) is 9.90. The van der Waals surface area contributed by atoms with Crippen LogP contribution in [0.25, 0.3) is 0 Å². The first-order chi connectivity index (χ1) is 8.47. The second-order valence-electron chi connectivity index (χ2n) is 4.54. The zero-order chi connectivity index (χ0) is 13.2. The van der Waals surface area contributed by atoms with E-state index in [1.807, 2.05) is 0 Å². The third-order valence-corrected chi connectivity index (χ3v) is 4.45. The largest absolute Gasteiger partial charge is 0.299 e. The summed E-state index contributed by atoms with van der Waals surface area (Å²) in [4.78, 5) is 1.81. The van der Waals surface area contributed by atoms with Gasteiger partial charge in [-0.15, -0.1) is 0 Å². The molecule has 0 unspecified atom stereocenters. The standard InChI is InChI=1S/C12H15ClFNO2S/c13-18(16,17)12-8-10(4-5-11(12)14)9-15-6-2-1-3-7-15/h4-5,8H,1-3,6-7,9H2. The van der Waals surface area contributed by atoms with Crippen LogP contribution in [0.15, 0.2) is 23.1 Å². The van der Waals surface area contributed by atoms with Gasteiger partial charge in [0.1, 0.15) is 10.7 Å². The van der Waals surface area contributed by atoms with Crippen molar-refractivity contribution in [2.45, 2.75) is 30.7 Å². The summed E-state index contributed by atoms with van der Waals surface area (Å²) in [5.41, 5.74) is 0.775. The summed E-state index contributed by atoms with van der Waals surface area (Å²) in [6, 6.07) is 4.09. The lowest BCUT2D eigenvalue weighted by Gasteiger charge is -2.26. The van der Waals surface area contributed by atoms with Crippen molar-refractivity contribution in [1.82, 2.24) is 4.90 Å². The second-order valence-corrected chi connectivity index (χ2v) is 7.07. The van der Waals surface area contributed by atoms with Crippen LogP contribution in [0.4, 0.5) is 4.39 Å². The highest BCUT2D eigenvalue weighted by molar-refractivity contribution is 8.13. The van der Waals surface area contributed by atoms with Crippen LogP contribution in [0.1, 0.15) is 24.8 Å². The van der Waals surface area contributed by atoms with Crippen molar-refractivity contribution in [1.29, 1.82) is 0 Å². The number of benzene rings is 1. The van der Waals surface area contributed by atoms with E-state index in [1.54, 1.807) is 6.07 Å². The Kier molecular flexibility index (Phi) is 4.25. The summed E-state index contributed by atoms with van der Waals surface area (Å²) >= 11 is 0. The van der Waals surface area contributed by atoms with E-state index in [1.165, 1.54) is 12.5 Å². The average Bonchev–Trinajstić information content (AvgIpc) is 2.31. The minimum atomic E-state index is -4.02. The summed E-state index contributed by atoms with van der Waals surface area (Å²) in [6.07, 6.45) is 3.55. The Morgan fingerprint density at radius 2 is 1.89 bits per heavy atom. The molecule has 0 aliphatic carbocycles. The van der Waals surface area contributed by atoms with Crippen LogP contribution >= 0.6 is 10.7 Å². The van der Waals surface area contributed by atoms with E-state index in [-0.39, 0.29) is 0 Å². The van der Waals surface area contributed by atoms with Gasteiger partial charge in [-0.3, -0.25) is 4.90 Å². The van der Waals surface area contributed by atoms with Crippen molar-refractivity contribution in [3.8, 4) is 0 Å². The molecule has 3 nitrogen and oxygen atoms in total. The molecule has 0 saturated carbocycles. The van der Waals surface area contributed by atoms with Crippen LogP contribution < -0.4 is 0 Å². The van der Waals surface area contributed by atoms with Crippen molar-refractivity contribution in [3.63, 3.8) is 0 Å². The van der Waals surface area contributed by atoms with Crippen molar-refractivity contribution < 1.29 is 12.8 Å². The molecule has 1 heterocycles.